The molecule has 0 aromatic rings. The molecule has 6 heteroatoms. The van der Waals surface area contributed by atoms with Gasteiger partial charge in [0, 0.05) is 25.6 Å². The molecule has 100 valence electrons. The minimum absolute atomic E-state index is 0.0130. The second kappa shape index (κ2) is 7.89. The maximum Gasteiger partial charge on any atom is 0.332 e. The number of hydrogen-bond donors (Lipinski definition) is 3. The maximum atomic E-state index is 11.7. The number of nitrogens with one attached hydrogen (secondary N) is 1. The van der Waals surface area contributed by atoms with E-state index in [9.17, 15) is 9.59 Å². The Bertz CT molecular complexity index is 258. The smallest absolute Gasteiger partial charge is 0.332 e. The predicted molar refractivity (Wildman–Crippen MR) is 63.8 cm³/mol. The van der Waals surface area contributed by atoms with Crippen LogP contribution < -0.4 is 5.32 Å². The summed E-state index contributed by atoms with van der Waals surface area (Å²) in [5.41, 5.74) is 0. The molecule has 0 aromatic heterocycles. The summed E-state index contributed by atoms with van der Waals surface area (Å²) in [5.74, 6) is -1.27. The number of aliphatic hydroxyl groups excluding tert-OH is 1. The van der Waals surface area contributed by atoms with Crippen molar-refractivity contribution in [3.63, 3.8) is 0 Å². The standard InChI is InChI=1S/C11H22N2O4/c1-4-8(3)13(5-2)11(17)12-7-6-9(14)10(15)16/h8-9,14H,4-7H2,1-3H3,(H,12,17)(H,15,16)/t8?,9-/m0/s1. The van der Waals surface area contributed by atoms with Crippen molar-refractivity contribution in [1.29, 1.82) is 0 Å². The molecule has 0 aliphatic heterocycles. The summed E-state index contributed by atoms with van der Waals surface area (Å²) in [5, 5.41) is 20.1. The summed E-state index contributed by atoms with van der Waals surface area (Å²) >= 11 is 0. The SMILES string of the molecule is CCC(C)N(CC)C(=O)NCC[C@H](O)C(=O)O. The summed E-state index contributed by atoms with van der Waals surface area (Å²) in [7, 11) is 0. The zero-order valence-electron chi connectivity index (χ0n) is 10.6. The van der Waals surface area contributed by atoms with Gasteiger partial charge in [-0.1, -0.05) is 6.92 Å². The zero-order valence-corrected chi connectivity index (χ0v) is 10.6. The van der Waals surface area contributed by atoms with Gasteiger partial charge in [-0.05, 0) is 20.3 Å². The third-order valence-corrected chi connectivity index (χ3v) is 2.70. The fraction of sp³-hybridized carbons (Fsp3) is 0.818. The molecule has 0 saturated carbocycles. The van der Waals surface area contributed by atoms with Crippen molar-refractivity contribution in [2.75, 3.05) is 13.1 Å². The number of aliphatic hydroxyl groups is 1. The van der Waals surface area contributed by atoms with Gasteiger partial charge in [-0.15, -0.1) is 0 Å². The molecular weight excluding hydrogens is 224 g/mol. The molecule has 0 spiro atoms. The summed E-state index contributed by atoms with van der Waals surface area (Å²) in [6.45, 7) is 6.59. The van der Waals surface area contributed by atoms with Gasteiger partial charge >= 0.3 is 12.0 Å². The molecule has 0 aliphatic rings. The number of aliphatic carboxylic acids is 1. The van der Waals surface area contributed by atoms with E-state index in [1.54, 1.807) is 4.90 Å². The van der Waals surface area contributed by atoms with Crippen LogP contribution in [0.2, 0.25) is 0 Å². The minimum Gasteiger partial charge on any atom is -0.479 e. The van der Waals surface area contributed by atoms with Crippen LogP contribution in [0.5, 0.6) is 0 Å². The largest absolute Gasteiger partial charge is 0.479 e. The number of carbonyl (C=O) groups is 2. The van der Waals surface area contributed by atoms with Crippen LogP contribution in [-0.4, -0.2) is 52.3 Å². The molecule has 2 amide bonds. The first-order chi connectivity index (χ1) is 7.93. The highest BCUT2D eigenvalue weighted by atomic mass is 16.4. The van der Waals surface area contributed by atoms with Crippen molar-refractivity contribution in [3.8, 4) is 0 Å². The summed E-state index contributed by atoms with van der Waals surface area (Å²) < 4.78 is 0. The molecule has 6 nitrogen and oxygen atoms in total. The van der Waals surface area contributed by atoms with Gasteiger partial charge in [-0.2, -0.15) is 0 Å². The highest BCUT2D eigenvalue weighted by molar-refractivity contribution is 5.75. The van der Waals surface area contributed by atoms with Gasteiger partial charge in [0.1, 0.15) is 0 Å². The molecule has 0 heterocycles. The van der Waals surface area contributed by atoms with Crippen LogP contribution in [0.15, 0.2) is 0 Å². The second-order valence-electron chi connectivity index (χ2n) is 3.92. The molecule has 0 radical (unpaired) electrons. The predicted octanol–water partition coefficient (Wildman–Crippen LogP) is 0.652. The molecule has 2 atom stereocenters. The van der Waals surface area contributed by atoms with Gasteiger partial charge in [-0.3, -0.25) is 0 Å². The molecule has 17 heavy (non-hydrogen) atoms. The van der Waals surface area contributed by atoms with Crippen molar-refractivity contribution < 1.29 is 19.8 Å². The lowest BCUT2D eigenvalue weighted by Gasteiger charge is -2.27. The highest BCUT2D eigenvalue weighted by Crippen LogP contribution is 2.03. The van der Waals surface area contributed by atoms with Crippen molar-refractivity contribution in [2.45, 2.75) is 45.8 Å². The van der Waals surface area contributed by atoms with Crippen LogP contribution in [0, 0.1) is 0 Å². The Morgan fingerprint density at radius 3 is 2.35 bits per heavy atom. The Morgan fingerprint density at radius 2 is 1.94 bits per heavy atom. The van der Waals surface area contributed by atoms with Crippen LogP contribution in [0.4, 0.5) is 4.79 Å². The quantitative estimate of drug-likeness (QED) is 0.615. The monoisotopic (exact) mass is 246 g/mol. The Hall–Kier alpha value is -1.30. The average molecular weight is 246 g/mol. The van der Waals surface area contributed by atoms with Crippen molar-refractivity contribution in [2.24, 2.45) is 0 Å². The van der Waals surface area contributed by atoms with E-state index < -0.39 is 12.1 Å². The second-order valence-corrected chi connectivity index (χ2v) is 3.92. The third kappa shape index (κ3) is 5.53. The Morgan fingerprint density at radius 1 is 1.35 bits per heavy atom. The topological polar surface area (TPSA) is 89.9 Å². The van der Waals surface area contributed by atoms with Gasteiger partial charge in [0.05, 0.1) is 0 Å². The minimum atomic E-state index is -1.42. The maximum absolute atomic E-state index is 11.7. The fourth-order valence-corrected chi connectivity index (χ4v) is 1.42. The first kappa shape index (κ1) is 15.7. The van der Waals surface area contributed by atoms with Crippen molar-refractivity contribution in [1.82, 2.24) is 10.2 Å². The van der Waals surface area contributed by atoms with Gasteiger partial charge in [-0.25, -0.2) is 9.59 Å². The number of hydrogen-bond acceptors (Lipinski definition) is 3. The van der Waals surface area contributed by atoms with Gasteiger partial charge in [0.15, 0.2) is 6.10 Å². The number of carboxylic acids is 1. The molecule has 0 aromatic carbocycles. The number of carbonyl (C=O) groups excluding carboxylic acids is 1. The molecule has 0 fully saturated rings. The Balaban J connectivity index is 4.03. The van der Waals surface area contributed by atoms with E-state index in [1.807, 2.05) is 20.8 Å². The van der Waals surface area contributed by atoms with Crippen LogP contribution in [-0.2, 0) is 4.79 Å². The normalized spacial score (nSPS) is 13.9. The Labute approximate surface area is 102 Å². The van der Waals surface area contributed by atoms with Crippen molar-refractivity contribution in [3.05, 3.63) is 0 Å². The lowest BCUT2D eigenvalue weighted by Crippen LogP contribution is -2.45. The summed E-state index contributed by atoms with van der Waals surface area (Å²) in [6, 6.07) is -0.0798. The number of urea groups is 1. The zero-order chi connectivity index (χ0) is 13.4. The van der Waals surface area contributed by atoms with Crippen LogP contribution in [0.25, 0.3) is 0 Å². The Kier molecular flexibility index (Phi) is 7.29. The molecule has 0 bridgehead atoms. The molecule has 3 N–H and O–H groups in total. The average Bonchev–Trinajstić information content (AvgIpc) is 2.29. The molecule has 0 saturated heterocycles. The molecule has 1 unspecified atom stereocenters. The van der Waals surface area contributed by atoms with Crippen molar-refractivity contribution >= 4 is 12.0 Å². The number of amides is 2. The summed E-state index contributed by atoms with van der Waals surface area (Å²) in [6.07, 6.45) is -0.549. The van der Waals surface area contributed by atoms with Gasteiger partial charge < -0.3 is 20.4 Å². The number of rotatable bonds is 7. The van der Waals surface area contributed by atoms with Crippen LogP contribution in [0.3, 0.4) is 0 Å². The molecular formula is C11H22N2O4. The van der Waals surface area contributed by atoms with Crippen LogP contribution >= 0.6 is 0 Å². The van der Waals surface area contributed by atoms with E-state index >= 15 is 0 Å². The molecule has 0 aliphatic carbocycles. The summed E-state index contributed by atoms with van der Waals surface area (Å²) in [4.78, 5) is 23.7. The van der Waals surface area contributed by atoms with E-state index in [2.05, 4.69) is 5.32 Å². The number of nitrogens with zero attached hydrogens (tertiary/aromatic N) is 1. The van der Waals surface area contributed by atoms with Gasteiger partial charge in [0.2, 0.25) is 0 Å². The first-order valence-corrected chi connectivity index (χ1v) is 5.89. The highest BCUT2D eigenvalue weighted by Gasteiger charge is 2.17. The lowest BCUT2D eigenvalue weighted by molar-refractivity contribution is -0.146. The first-order valence-electron chi connectivity index (χ1n) is 5.89. The van der Waals surface area contributed by atoms with E-state index in [0.717, 1.165) is 6.42 Å². The van der Waals surface area contributed by atoms with E-state index in [-0.39, 0.29) is 25.0 Å². The lowest BCUT2D eigenvalue weighted by atomic mass is 10.2. The number of carboxylic acid groups (broad SMARTS) is 1. The molecule has 0 rings (SSSR count). The third-order valence-electron chi connectivity index (χ3n) is 2.70. The fourth-order valence-electron chi connectivity index (χ4n) is 1.42. The van der Waals surface area contributed by atoms with E-state index in [0.29, 0.717) is 6.54 Å². The van der Waals surface area contributed by atoms with Gasteiger partial charge in [0.25, 0.3) is 0 Å². The van der Waals surface area contributed by atoms with E-state index in [4.69, 9.17) is 10.2 Å². The van der Waals surface area contributed by atoms with E-state index in [1.165, 1.54) is 0 Å². The van der Waals surface area contributed by atoms with Crippen LogP contribution in [0.1, 0.15) is 33.6 Å².